The van der Waals surface area contributed by atoms with Crippen LogP contribution in [0.1, 0.15) is 11.1 Å². The number of alkyl halides is 1. The number of ether oxygens (including phenoxy) is 1. The SMILES string of the molecule is Fc1cncc(COc2cccc(Cl)c2CBr)c1. The van der Waals surface area contributed by atoms with E-state index in [1.807, 2.05) is 12.1 Å². The summed E-state index contributed by atoms with van der Waals surface area (Å²) in [4.78, 5) is 3.77. The maximum absolute atomic E-state index is 13.0. The zero-order chi connectivity index (χ0) is 13.0. The van der Waals surface area contributed by atoms with Crippen LogP contribution in [0.4, 0.5) is 4.39 Å². The molecule has 0 aliphatic heterocycles. The van der Waals surface area contributed by atoms with Gasteiger partial charge in [-0.05, 0) is 18.2 Å². The molecule has 0 amide bonds. The second kappa shape index (κ2) is 6.16. The van der Waals surface area contributed by atoms with E-state index < -0.39 is 0 Å². The van der Waals surface area contributed by atoms with Crippen LogP contribution in [-0.2, 0) is 11.9 Å². The van der Waals surface area contributed by atoms with Gasteiger partial charge in [-0.3, -0.25) is 4.98 Å². The van der Waals surface area contributed by atoms with Crippen LogP contribution in [0.15, 0.2) is 36.7 Å². The highest BCUT2D eigenvalue weighted by Crippen LogP contribution is 2.29. The first-order chi connectivity index (χ1) is 8.70. The minimum Gasteiger partial charge on any atom is -0.488 e. The summed E-state index contributed by atoms with van der Waals surface area (Å²) in [6.45, 7) is 0.255. The highest BCUT2D eigenvalue weighted by Gasteiger charge is 2.07. The predicted octanol–water partition coefficient (Wildman–Crippen LogP) is 4.35. The van der Waals surface area contributed by atoms with Crippen molar-refractivity contribution < 1.29 is 9.13 Å². The van der Waals surface area contributed by atoms with Crippen molar-refractivity contribution in [1.29, 1.82) is 0 Å². The molecule has 0 radical (unpaired) electrons. The number of hydrogen-bond donors (Lipinski definition) is 0. The Morgan fingerprint density at radius 2 is 2.17 bits per heavy atom. The van der Waals surface area contributed by atoms with Crippen molar-refractivity contribution in [3.05, 3.63) is 58.6 Å². The zero-order valence-electron chi connectivity index (χ0n) is 9.37. The molecular formula is C13H10BrClFNO. The van der Waals surface area contributed by atoms with Gasteiger partial charge in [-0.15, -0.1) is 0 Å². The molecule has 1 aromatic carbocycles. The lowest BCUT2D eigenvalue weighted by atomic mass is 10.2. The molecule has 0 atom stereocenters. The lowest BCUT2D eigenvalue weighted by Gasteiger charge is -2.11. The Morgan fingerprint density at radius 1 is 1.33 bits per heavy atom. The van der Waals surface area contributed by atoms with Crippen LogP contribution in [0.3, 0.4) is 0 Å². The van der Waals surface area contributed by atoms with Crippen molar-refractivity contribution in [2.45, 2.75) is 11.9 Å². The van der Waals surface area contributed by atoms with Crippen LogP contribution in [-0.4, -0.2) is 4.98 Å². The van der Waals surface area contributed by atoms with Crippen LogP contribution in [0, 0.1) is 5.82 Å². The lowest BCUT2D eigenvalue weighted by Crippen LogP contribution is -1.99. The molecule has 2 aromatic rings. The molecular weight excluding hydrogens is 321 g/mol. The van der Waals surface area contributed by atoms with Crippen molar-refractivity contribution in [1.82, 2.24) is 4.98 Å². The summed E-state index contributed by atoms with van der Waals surface area (Å²) in [6.07, 6.45) is 2.73. The molecule has 94 valence electrons. The Hall–Kier alpha value is -1.13. The summed E-state index contributed by atoms with van der Waals surface area (Å²) in [5.41, 5.74) is 1.55. The largest absolute Gasteiger partial charge is 0.488 e. The molecule has 0 spiro atoms. The summed E-state index contributed by atoms with van der Waals surface area (Å²) in [6, 6.07) is 6.84. The molecule has 0 saturated carbocycles. The second-order valence-corrected chi connectivity index (χ2v) is 4.62. The molecule has 0 unspecified atom stereocenters. The number of aromatic nitrogens is 1. The van der Waals surface area contributed by atoms with Crippen LogP contribution < -0.4 is 4.74 Å². The van der Waals surface area contributed by atoms with Gasteiger partial charge in [0, 0.05) is 27.7 Å². The Morgan fingerprint density at radius 3 is 2.89 bits per heavy atom. The number of hydrogen-bond acceptors (Lipinski definition) is 2. The van der Waals surface area contributed by atoms with Gasteiger partial charge in [0.1, 0.15) is 18.2 Å². The van der Waals surface area contributed by atoms with Crippen molar-refractivity contribution in [2.24, 2.45) is 0 Å². The summed E-state index contributed by atoms with van der Waals surface area (Å²) in [5, 5.41) is 1.24. The molecule has 0 aliphatic carbocycles. The van der Waals surface area contributed by atoms with Crippen molar-refractivity contribution >= 4 is 27.5 Å². The van der Waals surface area contributed by atoms with Crippen molar-refractivity contribution in [3.8, 4) is 5.75 Å². The van der Waals surface area contributed by atoms with Crippen molar-refractivity contribution in [2.75, 3.05) is 0 Å². The van der Waals surface area contributed by atoms with Crippen LogP contribution in [0.25, 0.3) is 0 Å². The van der Waals surface area contributed by atoms with E-state index in [0.29, 0.717) is 21.7 Å². The molecule has 5 heteroatoms. The predicted molar refractivity (Wildman–Crippen MR) is 72.6 cm³/mol. The normalized spacial score (nSPS) is 10.4. The van der Waals surface area contributed by atoms with Gasteiger partial charge in [-0.2, -0.15) is 0 Å². The first-order valence-electron chi connectivity index (χ1n) is 5.26. The fraction of sp³-hybridized carbons (Fsp3) is 0.154. The summed E-state index contributed by atoms with van der Waals surface area (Å²) in [7, 11) is 0. The molecule has 0 aliphatic rings. The zero-order valence-corrected chi connectivity index (χ0v) is 11.7. The molecule has 18 heavy (non-hydrogen) atoms. The van der Waals surface area contributed by atoms with E-state index in [9.17, 15) is 4.39 Å². The highest BCUT2D eigenvalue weighted by atomic mass is 79.9. The average Bonchev–Trinajstić information content (AvgIpc) is 2.36. The monoisotopic (exact) mass is 329 g/mol. The van der Waals surface area contributed by atoms with Gasteiger partial charge in [0.15, 0.2) is 0 Å². The molecule has 1 aromatic heterocycles. The third kappa shape index (κ3) is 3.21. The smallest absolute Gasteiger partial charge is 0.141 e. The second-order valence-electron chi connectivity index (χ2n) is 3.65. The first-order valence-corrected chi connectivity index (χ1v) is 6.76. The molecule has 1 heterocycles. The van der Waals surface area contributed by atoms with Crippen LogP contribution >= 0.6 is 27.5 Å². The standard InChI is InChI=1S/C13H10BrClFNO/c14-5-11-12(15)2-1-3-13(11)18-8-9-4-10(16)7-17-6-9/h1-4,6-7H,5,8H2. The van der Waals surface area contributed by atoms with Gasteiger partial charge in [-0.1, -0.05) is 33.6 Å². The van der Waals surface area contributed by atoms with Gasteiger partial charge in [0.2, 0.25) is 0 Å². The van der Waals surface area contributed by atoms with E-state index in [1.165, 1.54) is 6.07 Å². The Bertz CT molecular complexity index is 550. The maximum atomic E-state index is 13.0. The fourth-order valence-electron chi connectivity index (χ4n) is 1.50. The number of rotatable bonds is 4. The van der Waals surface area contributed by atoms with E-state index >= 15 is 0 Å². The summed E-state index contributed by atoms with van der Waals surface area (Å²) in [5.74, 6) is 0.312. The fourth-order valence-corrected chi connectivity index (χ4v) is 2.47. The summed E-state index contributed by atoms with van der Waals surface area (Å²) >= 11 is 9.41. The molecule has 2 nitrogen and oxygen atoms in total. The maximum Gasteiger partial charge on any atom is 0.141 e. The third-order valence-corrected chi connectivity index (χ3v) is 3.28. The number of benzene rings is 1. The average molecular weight is 331 g/mol. The van der Waals surface area contributed by atoms with Gasteiger partial charge >= 0.3 is 0 Å². The van der Waals surface area contributed by atoms with E-state index in [0.717, 1.165) is 11.8 Å². The van der Waals surface area contributed by atoms with E-state index in [2.05, 4.69) is 20.9 Å². The Labute approximate surface area is 118 Å². The Balaban J connectivity index is 2.13. The first kappa shape index (κ1) is 13.3. The Kier molecular flexibility index (Phi) is 4.55. The molecule has 0 N–H and O–H groups in total. The number of pyridine rings is 1. The van der Waals surface area contributed by atoms with E-state index in [4.69, 9.17) is 16.3 Å². The third-order valence-electron chi connectivity index (χ3n) is 2.37. The number of halogens is 3. The quantitative estimate of drug-likeness (QED) is 0.778. The molecule has 0 bridgehead atoms. The van der Waals surface area contributed by atoms with E-state index in [-0.39, 0.29) is 12.4 Å². The topological polar surface area (TPSA) is 22.1 Å². The van der Waals surface area contributed by atoms with Gasteiger partial charge in [-0.25, -0.2) is 4.39 Å². The highest BCUT2D eigenvalue weighted by molar-refractivity contribution is 9.08. The van der Waals surface area contributed by atoms with Crippen LogP contribution in [0.2, 0.25) is 5.02 Å². The minimum atomic E-state index is -0.372. The van der Waals surface area contributed by atoms with Gasteiger partial charge in [0.05, 0.1) is 6.20 Å². The van der Waals surface area contributed by atoms with Gasteiger partial charge < -0.3 is 4.74 Å². The molecule has 0 fully saturated rings. The van der Waals surface area contributed by atoms with E-state index in [1.54, 1.807) is 12.3 Å². The minimum absolute atomic E-state index is 0.255. The molecule has 2 rings (SSSR count). The molecule has 0 saturated heterocycles. The summed E-state index contributed by atoms with van der Waals surface area (Å²) < 4.78 is 18.6. The lowest BCUT2D eigenvalue weighted by molar-refractivity contribution is 0.303. The van der Waals surface area contributed by atoms with Crippen LogP contribution in [0.5, 0.6) is 5.75 Å². The number of nitrogens with zero attached hydrogens (tertiary/aromatic N) is 1. The van der Waals surface area contributed by atoms with Gasteiger partial charge in [0.25, 0.3) is 0 Å². The van der Waals surface area contributed by atoms with Crippen molar-refractivity contribution in [3.63, 3.8) is 0 Å².